The second kappa shape index (κ2) is 7.24. The van der Waals surface area contributed by atoms with Crippen molar-refractivity contribution in [1.29, 1.82) is 0 Å². The molecule has 2 rings (SSSR count). The maximum absolute atomic E-state index is 6.49. The number of aryl methyl sites for hydroxylation is 1. The van der Waals surface area contributed by atoms with Gasteiger partial charge in [-0.05, 0) is 49.8 Å². The molecule has 0 aliphatic heterocycles. The maximum Gasteiger partial charge on any atom is 0.0501 e. The molecule has 2 atom stereocenters. The maximum atomic E-state index is 6.49. The molecule has 1 aliphatic rings. The van der Waals surface area contributed by atoms with Crippen molar-refractivity contribution < 1.29 is 0 Å². The van der Waals surface area contributed by atoms with E-state index in [9.17, 15) is 0 Å². The van der Waals surface area contributed by atoms with Crippen LogP contribution in [0.2, 0.25) is 0 Å². The van der Waals surface area contributed by atoms with E-state index in [0.717, 1.165) is 18.9 Å². The molecule has 1 saturated carbocycles. The Hall–Kier alpha value is -0.860. The Kier molecular flexibility index (Phi) is 5.62. The van der Waals surface area contributed by atoms with Crippen molar-refractivity contribution >= 4 is 0 Å². The molecule has 20 heavy (non-hydrogen) atoms. The van der Waals surface area contributed by atoms with Crippen molar-refractivity contribution in [3.8, 4) is 0 Å². The average molecular weight is 274 g/mol. The van der Waals surface area contributed by atoms with Crippen LogP contribution in [-0.2, 0) is 0 Å². The van der Waals surface area contributed by atoms with Crippen LogP contribution in [0.5, 0.6) is 0 Å². The first kappa shape index (κ1) is 15.5. The van der Waals surface area contributed by atoms with E-state index in [0.29, 0.717) is 6.04 Å². The number of likely N-dealkylation sites (N-methyl/N-ethyl adjacent to an activating group) is 1. The van der Waals surface area contributed by atoms with Crippen molar-refractivity contribution in [3.05, 3.63) is 35.4 Å². The minimum absolute atomic E-state index is 0.219. The summed E-state index contributed by atoms with van der Waals surface area (Å²) >= 11 is 0. The zero-order chi connectivity index (χ0) is 14.5. The van der Waals surface area contributed by atoms with E-state index in [2.05, 4.69) is 49.9 Å². The molecule has 2 heteroatoms. The molecule has 0 spiro atoms. The van der Waals surface area contributed by atoms with Gasteiger partial charge in [-0.3, -0.25) is 4.90 Å². The van der Waals surface area contributed by atoms with Crippen molar-refractivity contribution in [2.24, 2.45) is 11.7 Å². The van der Waals surface area contributed by atoms with E-state index in [4.69, 9.17) is 5.73 Å². The largest absolute Gasteiger partial charge is 0.326 e. The van der Waals surface area contributed by atoms with Crippen LogP contribution < -0.4 is 5.73 Å². The van der Waals surface area contributed by atoms with Gasteiger partial charge in [0, 0.05) is 12.6 Å². The summed E-state index contributed by atoms with van der Waals surface area (Å²) in [6, 6.07) is 9.33. The minimum atomic E-state index is 0.219. The summed E-state index contributed by atoms with van der Waals surface area (Å²) in [6.45, 7) is 8.98. The number of hydrogen-bond acceptors (Lipinski definition) is 2. The predicted molar refractivity (Wildman–Crippen MR) is 86.8 cm³/mol. The number of nitrogens with zero attached hydrogens (tertiary/aromatic N) is 1. The van der Waals surface area contributed by atoms with Gasteiger partial charge in [0.25, 0.3) is 0 Å². The summed E-state index contributed by atoms with van der Waals surface area (Å²) in [5.74, 6) is 0.894. The molecular weight excluding hydrogens is 244 g/mol. The lowest BCUT2D eigenvalue weighted by Gasteiger charge is -2.40. The number of rotatable bonds is 7. The van der Waals surface area contributed by atoms with E-state index >= 15 is 0 Å². The Bertz CT molecular complexity index is 412. The summed E-state index contributed by atoms with van der Waals surface area (Å²) in [4.78, 5) is 2.61. The van der Waals surface area contributed by atoms with E-state index < -0.39 is 0 Å². The van der Waals surface area contributed by atoms with Gasteiger partial charge < -0.3 is 5.73 Å². The van der Waals surface area contributed by atoms with Crippen LogP contribution in [0.4, 0.5) is 0 Å². The van der Waals surface area contributed by atoms with Crippen LogP contribution in [0.25, 0.3) is 0 Å². The third-order valence-corrected chi connectivity index (χ3v) is 4.90. The summed E-state index contributed by atoms with van der Waals surface area (Å²) in [6.07, 6.45) is 5.24. The second-order valence-corrected chi connectivity index (χ2v) is 6.26. The highest BCUT2D eigenvalue weighted by Gasteiger charge is 2.29. The molecule has 1 fully saturated rings. The Morgan fingerprint density at radius 1 is 1.25 bits per heavy atom. The lowest BCUT2D eigenvalue weighted by molar-refractivity contribution is 0.121. The monoisotopic (exact) mass is 274 g/mol. The van der Waals surface area contributed by atoms with Crippen LogP contribution in [0.3, 0.4) is 0 Å². The van der Waals surface area contributed by atoms with Gasteiger partial charge in [0.15, 0.2) is 0 Å². The molecule has 1 aromatic rings. The molecule has 112 valence electrons. The van der Waals surface area contributed by atoms with Gasteiger partial charge in [-0.2, -0.15) is 0 Å². The van der Waals surface area contributed by atoms with E-state index in [-0.39, 0.29) is 6.04 Å². The smallest absolute Gasteiger partial charge is 0.0501 e. The lowest BCUT2D eigenvalue weighted by Crippen LogP contribution is -2.44. The minimum Gasteiger partial charge on any atom is -0.326 e. The molecule has 2 unspecified atom stereocenters. The molecule has 0 aromatic heterocycles. The fourth-order valence-corrected chi connectivity index (χ4v) is 3.29. The fourth-order valence-electron chi connectivity index (χ4n) is 3.29. The van der Waals surface area contributed by atoms with Crippen LogP contribution in [0, 0.1) is 12.8 Å². The van der Waals surface area contributed by atoms with Crippen LogP contribution in [-0.4, -0.2) is 24.0 Å². The molecular formula is C18H30N2. The highest BCUT2D eigenvalue weighted by molar-refractivity contribution is 5.30. The van der Waals surface area contributed by atoms with Crippen molar-refractivity contribution in [2.45, 2.75) is 58.5 Å². The third-order valence-electron chi connectivity index (χ3n) is 4.90. The van der Waals surface area contributed by atoms with Crippen LogP contribution >= 0.6 is 0 Å². The van der Waals surface area contributed by atoms with Gasteiger partial charge in [0.05, 0.1) is 6.04 Å². The predicted octanol–water partition coefficient (Wildman–Crippen LogP) is 3.90. The summed E-state index contributed by atoms with van der Waals surface area (Å²) < 4.78 is 0. The van der Waals surface area contributed by atoms with Gasteiger partial charge in [-0.1, -0.05) is 44.5 Å². The molecule has 0 bridgehead atoms. The average Bonchev–Trinajstić information content (AvgIpc) is 2.42. The SMILES string of the molecule is CCC(N)C(c1ccccc1C)N(CC)CC1CCC1. The van der Waals surface area contributed by atoms with Gasteiger partial charge in [0.1, 0.15) is 0 Å². The Balaban J connectivity index is 2.23. The first-order chi connectivity index (χ1) is 9.67. The molecule has 1 aromatic carbocycles. The second-order valence-electron chi connectivity index (χ2n) is 6.26. The van der Waals surface area contributed by atoms with E-state index in [1.807, 2.05) is 0 Å². The van der Waals surface area contributed by atoms with Gasteiger partial charge >= 0.3 is 0 Å². The molecule has 0 amide bonds. The van der Waals surface area contributed by atoms with Crippen molar-refractivity contribution in [1.82, 2.24) is 4.90 Å². The van der Waals surface area contributed by atoms with Crippen LogP contribution in [0.1, 0.15) is 56.7 Å². The Labute approximate surface area is 124 Å². The highest BCUT2D eigenvalue weighted by Crippen LogP contribution is 2.33. The van der Waals surface area contributed by atoms with Crippen LogP contribution in [0.15, 0.2) is 24.3 Å². The Morgan fingerprint density at radius 3 is 2.45 bits per heavy atom. The zero-order valence-electron chi connectivity index (χ0n) is 13.3. The highest BCUT2D eigenvalue weighted by atomic mass is 15.2. The third kappa shape index (κ3) is 3.42. The summed E-state index contributed by atoms with van der Waals surface area (Å²) in [5.41, 5.74) is 9.28. The van der Waals surface area contributed by atoms with Gasteiger partial charge in [-0.25, -0.2) is 0 Å². The molecule has 2 N–H and O–H groups in total. The summed E-state index contributed by atoms with van der Waals surface area (Å²) in [7, 11) is 0. The topological polar surface area (TPSA) is 29.3 Å². The molecule has 2 nitrogen and oxygen atoms in total. The number of benzene rings is 1. The normalized spacial score (nSPS) is 18.9. The van der Waals surface area contributed by atoms with E-state index in [1.165, 1.54) is 36.9 Å². The molecule has 0 heterocycles. The molecule has 0 saturated heterocycles. The Morgan fingerprint density at radius 2 is 1.95 bits per heavy atom. The zero-order valence-corrected chi connectivity index (χ0v) is 13.3. The van der Waals surface area contributed by atoms with Gasteiger partial charge in [-0.15, -0.1) is 0 Å². The van der Waals surface area contributed by atoms with Crippen molar-refractivity contribution in [2.75, 3.05) is 13.1 Å². The first-order valence-electron chi connectivity index (χ1n) is 8.22. The molecule has 1 aliphatic carbocycles. The standard InChI is InChI=1S/C18H30N2/c1-4-17(19)18(16-12-7-6-9-14(16)3)20(5-2)13-15-10-8-11-15/h6-7,9,12,15,17-18H,4-5,8,10-11,13,19H2,1-3H3. The quantitative estimate of drug-likeness (QED) is 0.817. The van der Waals surface area contributed by atoms with Gasteiger partial charge in [0.2, 0.25) is 0 Å². The molecule has 0 radical (unpaired) electrons. The number of hydrogen-bond donors (Lipinski definition) is 1. The van der Waals surface area contributed by atoms with E-state index in [1.54, 1.807) is 0 Å². The lowest BCUT2D eigenvalue weighted by atomic mass is 9.83. The summed E-state index contributed by atoms with van der Waals surface area (Å²) in [5, 5.41) is 0. The van der Waals surface area contributed by atoms with Crippen molar-refractivity contribution in [3.63, 3.8) is 0 Å². The fraction of sp³-hybridized carbons (Fsp3) is 0.667. The number of nitrogens with two attached hydrogens (primary N) is 1. The first-order valence-corrected chi connectivity index (χ1v) is 8.22.